The smallest absolute Gasteiger partial charge is 0.344 e. The van der Waals surface area contributed by atoms with Crippen LogP contribution in [0.5, 0.6) is 5.75 Å². The Morgan fingerprint density at radius 2 is 1.91 bits per heavy atom. The Kier molecular flexibility index (Phi) is 5.13. The van der Waals surface area contributed by atoms with Crippen LogP contribution in [0.3, 0.4) is 0 Å². The molecule has 7 heteroatoms. The Hall–Kier alpha value is -2.83. The predicted molar refractivity (Wildman–Crippen MR) is 77.5 cm³/mol. The number of hydrogen-bond acceptors (Lipinski definition) is 6. The van der Waals surface area contributed by atoms with Crippen molar-refractivity contribution in [3.63, 3.8) is 0 Å². The van der Waals surface area contributed by atoms with E-state index in [1.165, 1.54) is 12.3 Å². The van der Waals surface area contributed by atoms with E-state index >= 15 is 0 Å². The Morgan fingerprint density at radius 3 is 2.55 bits per heavy atom. The van der Waals surface area contributed by atoms with Gasteiger partial charge < -0.3 is 19.3 Å². The molecule has 0 aliphatic rings. The van der Waals surface area contributed by atoms with E-state index in [4.69, 9.17) is 9.47 Å². The molecule has 1 heterocycles. The molecule has 0 unspecified atom stereocenters. The minimum absolute atomic E-state index is 0.257. The SMILES string of the molecule is Cc1cc(C)cc(OCC(=O)OCC(=O)Nc2ccon2)c1. The van der Waals surface area contributed by atoms with Gasteiger partial charge in [0, 0.05) is 6.07 Å². The minimum Gasteiger partial charge on any atom is -0.482 e. The molecular formula is C15H16N2O5. The van der Waals surface area contributed by atoms with E-state index in [0.29, 0.717) is 5.75 Å². The van der Waals surface area contributed by atoms with Gasteiger partial charge in [0.25, 0.3) is 5.91 Å². The number of esters is 1. The lowest BCUT2D eigenvalue weighted by Crippen LogP contribution is -2.23. The molecule has 0 bridgehead atoms. The van der Waals surface area contributed by atoms with Gasteiger partial charge in [0.15, 0.2) is 19.0 Å². The largest absolute Gasteiger partial charge is 0.482 e. The van der Waals surface area contributed by atoms with Crippen LogP contribution in [0.4, 0.5) is 5.82 Å². The first-order valence-corrected chi connectivity index (χ1v) is 6.60. The van der Waals surface area contributed by atoms with Gasteiger partial charge in [-0.3, -0.25) is 4.79 Å². The van der Waals surface area contributed by atoms with E-state index < -0.39 is 18.5 Å². The maximum atomic E-state index is 11.5. The number of aryl methyl sites for hydroxylation is 2. The summed E-state index contributed by atoms with van der Waals surface area (Å²) in [5, 5.41) is 5.91. The maximum Gasteiger partial charge on any atom is 0.344 e. The number of nitrogens with one attached hydrogen (secondary N) is 1. The van der Waals surface area contributed by atoms with Crippen molar-refractivity contribution in [2.45, 2.75) is 13.8 Å². The summed E-state index contributed by atoms with van der Waals surface area (Å²) in [6.45, 7) is 3.20. The monoisotopic (exact) mass is 304 g/mol. The lowest BCUT2D eigenvalue weighted by molar-refractivity contribution is -0.149. The number of anilines is 1. The first-order chi connectivity index (χ1) is 10.5. The molecule has 2 rings (SSSR count). The maximum absolute atomic E-state index is 11.5. The summed E-state index contributed by atoms with van der Waals surface area (Å²) in [5.41, 5.74) is 2.07. The van der Waals surface area contributed by atoms with Crippen LogP contribution in [0.2, 0.25) is 0 Å². The fourth-order valence-electron chi connectivity index (χ4n) is 1.80. The number of carbonyl (C=O) groups excluding carboxylic acids is 2. The lowest BCUT2D eigenvalue weighted by Gasteiger charge is -2.08. The Labute approximate surface area is 127 Å². The normalized spacial score (nSPS) is 10.1. The summed E-state index contributed by atoms with van der Waals surface area (Å²) in [7, 11) is 0. The number of nitrogens with zero attached hydrogens (tertiary/aromatic N) is 1. The summed E-state index contributed by atoms with van der Waals surface area (Å²) in [6, 6.07) is 7.11. The van der Waals surface area contributed by atoms with Gasteiger partial charge in [-0.1, -0.05) is 11.2 Å². The second-order valence-electron chi connectivity index (χ2n) is 4.71. The zero-order valence-corrected chi connectivity index (χ0v) is 12.3. The number of amides is 1. The van der Waals surface area contributed by atoms with Crippen molar-refractivity contribution in [3.8, 4) is 5.75 Å². The molecule has 1 aromatic carbocycles. The third kappa shape index (κ3) is 4.93. The first kappa shape index (κ1) is 15.6. The van der Waals surface area contributed by atoms with Crippen LogP contribution in [0, 0.1) is 13.8 Å². The molecule has 1 N–H and O–H groups in total. The molecule has 0 saturated carbocycles. The van der Waals surface area contributed by atoms with Gasteiger partial charge in [0.2, 0.25) is 0 Å². The summed E-state index contributed by atoms with van der Waals surface area (Å²) < 4.78 is 14.7. The molecular weight excluding hydrogens is 288 g/mol. The molecule has 22 heavy (non-hydrogen) atoms. The standard InChI is InChI=1S/C15H16N2O5/c1-10-5-11(2)7-12(6-10)20-9-15(19)21-8-14(18)16-13-3-4-22-17-13/h3-7H,8-9H2,1-2H3,(H,16,17,18). The minimum atomic E-state index is -0.630. The average molecular weight is 304 g/mol. The quantitative estimate of drug-likeness (QED) is 0.819. The molecule has 0 saturated heterocycles. The Balaban J connectivity index is 1.72. The second kappa shape index (κ2) is 7.26. The average Bonchev–Trinajstić information content (AvgIpc) is 2.95. The number of ether oxygens (including phenoxy) is 2. The highest BCUT2D eigenvalue weighted by Crippen LogP contribution is 2.16. The molecule has 0 spiro atoms. The topological polar surface area (TPSA) is 90.7 Å². The van der Waals surface area contributed by atoms with Crippen LogP contribution in [-0.4, -0.2) is 30.2 Å². The van der Waals surface area contributed by atoms with Crippen LogP contribution < -0.4 is 10.1 Å². The number of rotatable bonds is 6. The number of carbonyl (C=O) groups is 2. The molecule has 7 nitrogen and oxygen atoms in total. The van der Waals surface area contributed by atoms with E-state index in [1.807, 2.05) is 32.0 Å². The fourth-order valence-corrected chi connectivity index (χ4v) is 1.80. The number of aromatic nitrogens is 1. The van der Waals surface area contributed by atoms with Crippen molar-refractivity contribution in [1.82, 2.24) is 5.16 Å². The van der Waals surface area contributed by atoms with Crippen LogP contribution >= 0.6 is 0 Å². The van der Waals surface area contributed by atoms with Crippen molar-refractivity contribution in [2.24, 2.45) is 0 Å². The van der Waals surface area contributed by atoms with Crippen molar-refractivity contribution >= 4 is 17.7 Å². The summed E-state index contributed by atoms with van der Waals surface area (Å²) in [5.74, 6) is -0.294. The van der Waals surface area contributed by atoms with Gasteiger partial charge in [-0.15, -0.1) is 0 Å². The van der Waals surface area contributed by atoms with Crippen LogP contribution in [0.15, 0.2) is 35.1 Å². The highest BCUT2D eigenvalue weighted by atomic mass is 16.6. The van der Waals surface area contributed by atoms with Gasteiger partial charge in [-0.05, 0) is 37.1 Å². The Bertz CT molecular complexity index is 632. The summed E-state index contributed by atoms with van der Waals surface area (Å²) >= 11 is 0. The van der Waals surface area contributed by atoms with Gasteiger partial charge in [-0.2, -0.15) is 0 Å². The zero-order valence-electron chi connectivity index (χ0n) is 12.3. The van der Waals surface area contributed by atoms with Crippen LogP contribution in [0.25, 0.3) is 0 Å². The molecule has 0 fully saturated rings. The van der Waals surface area contributed by atoms with Crippen LogP contribution in [0.1, 0.15) is 11.1 Å². The second-order valence-corrected chi connectivity index (χ2v) is 4.71. The molecule has 0 atom stereocenters. The molecule has 0 aliphatic heterocycles. The van der Waals surface area contributed by atoms with E-state index in [1.54, 1.807) is 0 Å². The third-order valence-electron chi connectivity index (χ3n) is 2.62. The lowest BCUT2D eigenvalue weighted by atomic mass is 10.1. The number of benzene rings is 1. The molecule has 2 aromatic rings. The van der Waals surface area contributed by atoms with Crippen molar-refractivity contribution in [3.05, 3.63) is 41.7 Å². The number of hydrogen-bond donors (Lipinski definition) is 1. The predicted octanol–water partition coefficient (Wildman–Crippen LogP) is 1.85. The van der Waals surface area contributed by atoms with Gasteiger partial charge in [-0.25, -0.2) is 4.79 Å². The highest BCUT2D eigenvalue weighted by Gasteiger charge is 2.10. The Morgan fingerprint density at radius 1 is 1.18 bits per heavy atom. The van der Waals surface area contributed by atoms with Gasteiger partial charge in [0.1, 0.15) is 12.0 Å². The van der Waals surface area contributed by atoms with Crippen LogP contribution in [-0.2, 0) is 14.3 Å². The van der Waals surface area contributed by atoms with E-state index in [0.717, 1.165) is 11.1 Å². The zero-order chi connectivity index (χ0) is 15.9. The van der Waals surface area contributed by atoms with Gasteiger partial charge >= 0.3 is 5.97 Å². The third-order valence-corrected chi connectivity index (χ3v) is 2.62. The van der Waals surface area contributed by atoms with Crippen molar-refractivity contribution in [1.29, 1.82) is 0 Å². The van der Waals surface area contributed by atoms with E-state index in [2.05, 4.69) is 15.0 Å². The fraction of sp³-hybridized carbons (Fsp3) is 0.267. The first-order valence-electron chi connectivity index (χ1n) is 6.60. The highest BCUT2D eigenvalue weighted by molar-refractivity contribution is 5.91. The van der Waals surface area contributed by atoms with Gasteiger partial charge in [0.05, 0.1) is 0 Å². The molecule has 0 aliphatic carbocycles. The molecule has 1 aromatic heterocycles. The molecule has 1 amide bonds. The molecule has 116 valence electrons. The summed E-state index contributed by atoms with van der Waals surface area (Å²) in [4.78, 5) is 23.0. The van der Waals surface area contributed by atoms with Crippen molar-refractivity contribution < 1.29 is 23.6 Å². The van der Waals surface area contributed by atoms with E-state index in [9.17, 15) is 9.59 Å². The van der Waals surface area contributed by atoms with Crippen molar-refractivity contribution in [2.75, 3.05) is 18.5 Å². The van der Waals surface area contributed by atoms with E-state index in [-0.39, 0.29) is 12.4 Å². The summed E-state index contributed by atoms with van der Waals surface area (Å²) in [6.07, 6.45) is 1.32. The molecule has 0 radical (unpaired) electrons.